The molecule has 2 N–H and O–H groups in total. The lowest BCUT2D eigenvalue weighted by molar-refractivity contribution is 0.155. The summed E-state index contributed by atoms with van der Waals surface area (Å²) in [6.07, 6.45) is 2.06. The summed E-state index contributed by atoms with van der Waals surface area (Å²) in [5, 5.41) is 0. The van der Waals surface area contributed by atoms with Crippen molar-refractivity contribution in [2.45, 2.75) is 19.8 Å². The topological polar surface area (TPSA) is 41.7 Å². The molecule has 1 fully saturated rings. The number of piperazine rings is 1. The maximum atomic E-state index is 6.04. The van der Waals surface area contributed by atoms with E-state index in [1.54, 1.807) is 0 Å². The predicted octanol–water partition coefficient (Wildman–Crippen LogP) is 1.85. The smallest absolute Gasteiger partial charge is 0.142 e. The Balaban J connectivity index is 1.82. The lowest BCUT2D eigenvalue weighted by Crippen LogP contribution is -2.45. The minimum atomic E-state index is 0.727. The minimum absolute atomic E-state index is 0.727. The molecular weight excluding hydrogens is 250 g/mol. The van der Waals surface area contributed by atoms with Crippen LogP contribution in [0.4, 0.5) is 5.69 Å². The van der Waals surface area contributed by atoms with Gasteiger partial charge in [-0.25, -0.2) is 0 Å². The summed E-state index contributed by atoms with van der Waals surface area (Å²) in [6.45, 7) is 8.62. The van der Waals surface area contributed by atoms with Crippen molar-refractivity contribution >= 4 is 5.69 Å². The molecular formula is C16H27N3O. The monoisotopic (exact) mass is 277 g/mol. The van der Waals surface area contributed by atoms with Crippen LogP contribution in [0.2, 0.25) is 0 Å². The second-order valence-corrected chi connectivity index (χ2v) is 5.62. The maximum absolute atomic E-state index is 6.04. The molecule has 0 bridgehead atoms. The highest BCUT2D eigenvalue weighted by Gasteiger charge is 2.13. The summed E-state index contributed by atoms with van der Waals surface area (Å²) >= 11 is 0. The number of hydrogen-bond acceptors (Lipinski definition) is 4. The molecule has 1 heterocycles. The molecule has 0 atom stereocenters. The first-order chi connectivity index (χ1) is 9.69. The lowest BCUT2D eigenvalue weighted by atomic mass is 10.1. The van der Waals surface area contributed by atoms with E-state index in [2.05, 4.69) is 35.9 Å². The first kappa shape index (κ1) is 15.1. The Morgan fingerprint density at radius 1 is 1.20 bits per heavy atom. The standard InChI is InChI=1S/C16H27N3O/c1-3-12-20-16-5-4-14(13-15(16)17)6-7-19-10-8-18(2)9-11-19/h4-5,13H,3,6-12,17H2,1-2H3. The Kier molecular flexibility index (Phi) is 5.68. The van der Waals surface area contributed by atoms with Gasteiger partial charge in [-0.3, -0.25) is 0 Å². The summed E-state index contributed by atoms with van der Waals surface area (Å²) in [6, 6.07) is 6.20. The van der Waals surface area contributed by atoms with Gasteiger partial charge in [0.2, 0.25) is 0 Å². The molecule has 1 aromatic carbocycles. The van der Waals surface area contributed by atoms with Crippen molar-refractivity contribution in [1.82, 2.24) is 9.80 Å². The van der Waals surface area contributed by atoms with Gasteiger partial charge in [-0.2, -0.15) is 0 Å². The van der Waals surface area contributed by atoms with Gasteiger partial charge >= 0.3 is 0 Å². The van der Waals surface area contributed by atoms with Crippen LogP contribution in [0.25, 0.3) is 0 Å². The average Bonchev–Trinajstić information content (AvgIpc) is 2.46. The minimum Gasteiger partial charge on any atom is -0.491 e. The quantitative estimate of drug-likeness (QED) is 0.806. The molecule has 0 saturated carbocycles. The van der Waals surface area contributed by atoms with Crippen molar-refractivity contribution < 1.29 is 4.74 Å². The van der Waals surface area contributed by atoms with E-state index in [4.69, 9.17) is 10.5 Å². The number of likely N-dealkylation sites (N-methyl/N-ethyl adjacent to an activating group) is 1. The third-order valence-corrected chi connectivity index (χ3v) is 3.85. The largest absolute Gasteiger partial charge is 0.491 e. The number of ether oxygens (including phenoxy) is 1. The number of nitrogen functional groups attached to an aromatic ring is 1. The molecule has 4 nitrogen and oxygen atoms in total. The molecule has 1 aliphatic heterocycles. The number of benzene rings is 1. The van der Waals surface area contributed by atoms with Gasteiger partial charge in [0, 0.05) is 32.7 Å². The van der Waals surface area contributed by atoms with E-state index >= 15 is 0 Å². The number of nitrogens with zero attached hydrogens (tertiary/aromatic N) is 2. The Hall–Kier alpha value is -1.26. The molecule has 4 heteroatoms. The van der Waals surface area contributed by atoms with Crippen LogP contribution in [-0.2, 0) is 6.42 Å². The van der Waals surface area contributed by atoms with E-state index in [0.717, 1.165) is 37.4 Å². The van der Waals surface area contributed by atoms with Crippen molar-refractivity contribution in [3.8, 4) is 5.75 Å². The SMILES string of the molecule is CCCOc1ccc(CCN2CCN(C)CC2)cc1N. The van der Waals surface area contributed by atoms with Crippen molar-refractivity contribution in [3.05, 3.63) is 23.8 Å². The average molecular weight is 277 g/mol. The van der Waals surface area contributed by atoms with E-state index in [1.165, 1.54) is 31.7 Å². The van der Waals surface area contributed by atoms with Gasteiger partial charge in [-0.1, -0.05) is 13.0 Å². The fourth-order valence-electron chi connectivity index (χ4n) is 2.46. The zero-order valence-corrected chi connectivity index (χ0v) is 12.8. The van der Waals surface area contributed by atoms with Gasteiger partial charge in [0.05, 0.1) is 12.3 Å². The highest BCUT2D eigenvalue weighted by atomic mass is 16.5. The van der Waals surface area contributed by atoms with E-state index < -0.39 is 0 Å². The highest BCUT2D eigenvalue weighted by molar-refractivity contribution is 5.54. The molecule has 1 aromatic rings. The Bertz CT molecular complexity index is 414. The van der Waals surface area contributed by atoms with Crippen LogP contribution in [0.1, 0.15) is 18.9 Å². The molecule has 0 radical (unpaired) electrons. The van der Waals surface area contributed by atoms with Crippen LogP contribution < -0.4 is 10.5 Å². The van der Waals surface area contributed by atoms with Gasteiger partial charge in [0.1, 0.15) is 5.75 Å². The molecule has 0 aromatic heterocycles. The zero-order valence-electron chi connectivity index (χ0n) is 12.8. The van der Waals surface area contributed by atoms with Gasteiger partial charge in [-0.05, 0) is 37.6 Å². The number of hydrogen-bond donors (Lipinski definition) is 1. The molecule has 1 aliphatic rings. The van der Waals surface area contributed by atoms with Crippen molar-refractivity contribution in [3.63, 3.8) is 0 Å². The summed E-state index contributed by atoms with van der Waals surface area (Å²) in [5.74, 6) is 0.815. The van der Waals surface area contributed by atoms with E-state index in [9.17, 15) is 0 Å². The number of rotatable bonds is 6. The summed E-state index contributed by atoms with van der Waals surface area (Å²) in [7, 11) is 2.19. The maximum Gasteiger partial charge on any atom is 0.142 e. The van der Waals surface area contributed by atoms with Crippen LogP contribution in [0, 0.1) is 0 Å². The first-order valence-corrected chi connectivity index (χ1v) is 7.61. The van der Waals surface area contributed by atoms with E-state index in [1.807, 2.05) is 6.07 Å². The summed E-state index contributed by atoms with van der Waals surface area (Å²) in [4.78, 5) is 4.91. The normalized spacial score (nSPS) is 17.3. The van der Waals surface area contributed by atoms with Gasteiger partial charge in [0.25, 0.3) is 0 Å². The molecule has 20 heavy (non-hydrogen) atoms. The van der Waals surface area contributed by atoms with Crippen LogP contribution in [0.5, 0.6) is 5.75 Å². The fourth-order valence-corrected chi connectivity index (χ4v) is 2.46. The van der Waals surface area contributed by atoms with Gasteiger partial charge in [0.15, 0.2) is 0 Å². The Morgan fingerprint density at radius 2 is 1.95 bits per heavy atom. The second kappa shape index (κ2) is 7.50. The van der Waals surface area contributed by atoms with Crippen molar-refractivity contribution in [2.75, 3.05) is 52.1 Å². The number of anilines is 1. The summed E-state index contributed by atoms with van der Waals surface area (Å²) < 4.78 is 5.61. The molecule has 2 rings (SSSR count). The number of nitrogens with two attached hydrogens (primary N) is 1. The molecule has 0 amide bonds. The Morgan fingerprint density at radius 3 is 2.60 bits per heavy atom. The lowest BCUT2D eigenvalue weighted by Gasteiger charge is -2.32. The Labute approximate surface area is 122 Å². The molecule has 1 saturated heterocycles. The van der Waals surface area contributed by atoms with Gasteiger partial charge < -0.3 is 20.3 Å². The van der Waals surface area contributed by atoms with Gasteiger partial charge in [-0.15, -0.1) is 0 Å². The van der Waals surface area contributed by atoms with Crippen LogP contribution >= 0.6 is 0 Å². The first-order valence-electron chi connectivity index (χ1n) is 7.61. The summed E-state index contributed by atoms with van der Waals surface area (Å²) in [5.41, 5.74) is 8.10. The third kappa shape index (κ3) is 4.39. The van der Waals surface area contributed by atoms with Crippen LogP contribution in [0.15, 0.2) is 18.2 Å². The molecule has 0 spiro atoms. The van der Waals surface area contributed by atoms with Crippen molar-refractivity contribution in [2.24, 2.45) is 0 Å². The van der Waals surface area contributed by atoms with Crippen molar-refractivity contribution in [1.29, 1.82) is 0 Å². The second-order valence-electron chi connectivity index (χ2n) is 5.62. The molecule has 0 unspecified atom stereocenters. The molecule has 112 valence electrons. The predicted molar refractivity (Wildman–Crippen MR) is 84.3 cm³/mol. The third-order valence-electron chi connectivity index (χ3n) is 3.85. The zero-order chi connectivity index (χ0) is 14.4. The highest BCUT2D eigenvalue weighted by Crippen LogP contribution is 2.23. The van der Waals surface area contributed by atoms with E-state index in [0.29, 0.717) is 0 Å². The fraction of sp³-hybridized carbons (Fsp3) is 0.625. The van der Waals surface area contributed by atoms with Crippen LogP contribution in [0.3, 0.4) is 0 Å². The van der Waals surface area contributed by atoms with E-state index in [-0.39, 0.29) is 0 Å². The molecule has 0 aliphatic carbocycles. The van der Waals surface area contributed by atoms with Crippen LogP contribution in [-0.4, -0.2) is 56.2 Å².